The van der Waals surface area contributed by atoms with Crippen LogP contribution < -0.4 is 5.32 Å². The highest BCUT2D eigenvalue weighted by molar-refractivity contribution is 6.35. The van der Waals surface area contributed by atoms with Crippen molar-refractivity contribution < 1.29 is 4.79 Å². The molecule has 2 aromatic carbocycles. The van der Waals surface area contributed by atoms with Gasteiger partial charge in [-0.15, -0.1) is 0 Å². The second-order valence-electron chi connectivity index (χ2n) is 6.66. The maximum atomic E-state index is 13.2. The lowest BCUT2D eigenvalue weighted by molar-refractivity contribution is -0.127. The lowest BCUT2D eigenvalue weighted by Gasteiger charge is -2.30. The minimum atomic E-state index is -0.488. The molecule has 3 rings (SSSR count). The average Bonchev–Trinajstić information content (AvgIpc) is 3.06. The Bertz CT molecular complexity index is 767. The molecular formula is C20H20Cl3NO. The fourth-order valence-corrected chi connectivity index (χ4v) is 4.36. The Labute approximate surface area is 163 Å². The summed E-state index contributed by atoms with van der Waals surface area (Å²) >= 11 is 18.3. The molecule has 25 heavy (non-hydrogen) atoms. The van der Waals surface area contributed by atoms with Gasteiger partial charge in [-0.25, -0.2) is 0 Å². The third kappa shape index (κ3) is 3.81. The van der Waals surface area contributed by atoms with Gasteiger partial charge < -0.3 is 5.32 Å². The van der Waals surface area contributed by atoms with Gasteiger partial charge >= 0.3 is 0 Å². The molecule has 2 nitrogen and oxygen atoms in total. The predicted molar refractivity (Wildman–Crippen MR) is 105 cm³/mol. The third-order valence-electron chi connectivity index (χ3n) is 5.07. The molecule has 0 aliphatic heterocycles. The lowest BCUT2D eigenvalue weighted by Crippen LogP contribution is -2.43. The van der Waals surface area contributed by atoms with Crippen LogP contribution >= 0.6 is 34.8 Å². The lowest BCUT2D eigenvalue weighted by atomic mass is 9.77. The Balaban J connectivity index is 1.85. The molecule has 1 saturated carbocycles. The summed E-state index contributed by atoms with van der Waals surface area (Å²) in [7, 11) is 0. The minimum Gasteiger partial charge on any atom is -0.349 e. The first-order chi connectivity index (χ1) is 11.9. The number of benzene rings is 2. The van der Waals surface area contributed by atoms with E-state index in [1.165, 1.54) is 0 Å². The van der Waals surface area contributed by atoms with Gasteiger partial charge in [0.1, 0.15) is 0 Å². The SMILES string of the molecule is CC(NC(=O)C1(c2ccc(Cl)cc2)CCCC1)c1ccc(Cl)cc1Cl. The average molecular weight is 397 g/mol. The molecule has 0 aromatic heterocycles. The Morgan fingerprint density at radius 3 is 2.20 bits per heavy atom. The van der Waals surface area contributed by atoms with Crippen LogP contribution in [-0.2, 0) is 10.2 Å². The fourth-order valence-electron chi connectivity index (χ4n) is 3.66. The molecule has 1 fully saturated rings. The van der Waals surface area contributed by atoms with E-state index < -0.39 is 5.41 Å². The summed E-state index contributed by atoms with van der Waals surface area (Å²) in [6, 6.07) is 12.8. The van der Waals surface area contributed by atoms with Gasteiger partial charge in [0.25, 0.3) is 0 Å². The molecule has 132 valence electrons. The monoisotopic (exact) mass is 395 g/mol. The number of carbonyl (C=O) groups is 1. The van der Waals surface area contributed by atoms with E-state index in [9.17, 15) is 4.79 Å². The first-order valence-corrected chi connectivity index (χ1v) is 9.58. The van der Waals surface area contributed by atoms with Gasteiger partial charge in [-0.1, -0.05) is 65.8 Å². The predicted octanol–water partition coefficient (Wildman–Crippen LogP) is 6.34. The molecule has 1 aliphatic rings. The van der Waals surface area contributed by atoms with Crippen LogP contribution in [0.2, 0.25) is 15.1 Å². The number of halogens is 3. The number of hydrogen-bond acceptors (Lipinski definition) is 1. The summed E-state index contributed by atoms with van der Waals surface area (Å²) in [5.41, 5.74) is 1.41. The quantitative estimate of drug-likeness (QED) is 0.642. The van der Waals surface area contributed by atoms with Crippen molar-refractivity contribution in [1.29, 1.82) is 0 Å². The zero-order valence-corrected chi connectivity index (χ0v) is 16.3. The van der Waals surface area contributed by atoms with E-state index in [1.54, 1.807) is 12.1 Å². The number of hydrogen-bond donors (Lipinski definition) is 1. The van der Waals surface area contributed by atoms with E-state index in [-0.39, 0.29) is 11.9 Å². The maximum absolute atomic E-state index is 13.2. The molecule has 1 aliphatic carbocycles. The summed E-state index contributed by atoms with van der Waals surface area (Å²) < 4.78 is 0. The molecule has 0 bridgehead atoms. The third-order valence-corrected chi connectivity index (χ3v) is 5.88. The van der Waals surface area contributed by atoms with E-state index in [1.807, 2.05) is 37.3 Å². The van der Waals surface area contributed by atoms with E-state index in [0.717, 1.165) is 36.8 Å². The topological polar surface area (TPSA) is 29.1 Å². The van der Waals surface area contributed by atoms with Gasteiger partial charge in [0.15, 0.2) is 0 Å². The normalized spacial score (nSPS) is 17.3. The zero-order valence-electron chi connectivity index (χ0n) is 14.0. The van der Waals surface area contributed by atoms with Crippen LogP contribution in [0, 0.1) is 0 Å². The molecule has 0 heterocycles. The minimum absolute atomic E-state index is 0.0471. The fraction of sp³-hybridized carbons (Fsp3) is 0.350. The molecule has 2 aromatic rings. The second-order valence-corrected chi connectivity index (χ2v) is 7.94. The van der Waals surface area contributed by atoms with E-state index >= 15 is 0 Å². The number of nitrogens with one attached hydrogen (secondary N) is 1. The van der Waals surface area contributed by atoms with Crippen molar-refractivity contribution >= 4 is 40.7 Å². The number of rotatable bonds is 4. The maximum Gasteiger partial charge on any atom is 0.231 e. The highest BCUT2D eigenvalue weighted by atomic mass is 35.5. The molecule has 1 N–H and O–H groups in total. The van der Waals surface area contributed by atoms with Crippen LogP contribution in [0.15, 0.2) is 42.5 Å². The second kappa shape index (κ2) is 7.57. The van der Waals surface area contributed by atoms with Crippen molar-refractivity contribution in [1.82, 2.24) is 5.32 Å². The molecule has 0 spiro atoms. The Morgan fingerprint density at radius 2 is 1.60 bits per heavy atom. The van der Waals surface area contributed by atoms with Crippen LogP contribution in [0.1, 0.15) is 49.8 Å². The summed E-state index contributed by atoms with van der Waals surface area (Å²) in [5, 5.41) is 4.98. The highest BCUT2D eigenvalue weighted by Crippen LogP contribution is 2.42. The molecule has 0 saturated heterocycles. The summed E-state index contributed by atoms with van der Waals surface area (Å²) in [6.45, 7) is 1.94. The molecular weight excluding hydrogens is 377 g/mol. The summed E-state index contributed by atoms with van der Waals surface area (Å²) in [5.74, 6) is 0.0471. The highest BCUT2D eigenvalue weighted by Gasteiger charge is 2.43. The number of carbonyl (C=O) groups excluding carboxylic acids is 1. The molecule has 0 radical (unpaired) electrons. The standard InChI is InChI=1S/C20H20Cl3NO/c1-13(17-9-8-16(22)12-18(17)23)24-19(25)20(10-2-3-11-20)14-4-6-15(21)7-5-14/h4-9,12-13H,2-3,10-11H2,1H3,(H,24,25). The summed E-state index contributed by atoms with van der Waals surface area (Å²) in [6.07, 6.45) is 3.79. The first kappa shape index (κ1) is 18.6. The van der Waals surface area contributed by atoms with Crippen LogP contribution in [0.5, 0.6) is 0 Å². The van der Waals surface area contributed by atoms with E-state index in [2.05, 4.69) is 5.32 Å². The number of amides is 1. The smallest absolute Gasteiger partial charge is 0.231 e. The van der Waals surface area contributed by atoms with Crippen molar-refractivity contribution in [3.05, 3.63) is 68.7 Å². The van der Waals surface area contributed by atoms with Crippen molar-refractivity contribution in [2.75, 3.05) is 0 Å². The van der Waals surface area contributed by atoms with Crippen molar-refractivity contribution in [3.8, 4) is 0 Å². The molecule has 1 unspecified atom stereocenters. The zero-order chi connectivity index (χ0) is 18.0. The molecule has 1 amide bonds. The Morgan fingerprint density at radius 1 is 1.00 bits per heavy atom. The first-order valence-electron chi connectivity index (χ1n) is 8.44. The Kier molecular flexibility index (Phi) is 5.62. The van der Waals surface area contributed by atoms with Crippen LogP contribution in [0.25, 0.3) is 0 Å². The summed E-state index contributed by atoms with van der Waals surface area (Å²) in [4.78, 5) is 13.2. The van der Waals surface area contributed by atoms with Gasteiger partial charge in [0.2, 0.25) is 5.91 Å². The van der Waals surface area contributed by atoms with Gasteiger partial charge in [-0.3, -0.25) is 4.79 Å². The van der Waals surface area contributed by atoms with Crippen LogP contribution in [-0.4, -0.2) is 5.91 Å². The van der Waals surface area contributed by atoms with Gasteiger partial charge in [-0.05, 0) is 55.2 Å². The van der Waals surface area contributed by atoms with Crippen molar-refractivity contribution in [2.24, 2.45) is 0 Å². The van der Waals surface area contributed by atoms with Gasteiger partial charge in [0.05, 0.1) is 11.5 Å². The van der Waals surface area contributed by atoms with Gasteiger partial charge in [-0.2, -0.15) is 0 Å². The molecule has 5 heteroatoms. The van der Waals surface area contributed by atoms with Crippen LogP contribution in [0.4, 0.5) is 0 Å². The van der Waals surface area contributed by atoms with Crippen molar-refractivity contribution in [2.45, 2.75) is 44.1 Å². The van der Waals surface area contributed by atoms with E-state index in [4.69, 9.17) is 34.8 Å². The van der Waals surface area contributed by atoms with Crippen LogP contribution in [0.3, 0.4) is 0 Å². The van der Waals surface area contributed by atoms with E-state index in [0.29, 0.717) is 15.1 Å². The van der Waals surface area contributed by atoms with Crippen molar-refractivity contribution in [3.63, 3.8) is 0 Å². The molecule has 1 atom stereocenters. The van der Waals surface area contributed by atoms with Gasteiger partial charge in [0, 0.05) is 15.1 Å². The largest absolute Gasteiger partial charge is 0.349 e. The Hall–Kier alpha value is -1.22.